The molecule has 1 aromatic carbocycles. The number of hydrogen-bond acceptors (Lipinski definition) is 2. The van der Waals surface area contributed by atoms with E-state index in [1.807, 2.05) is 6.92 Å². The first-order valence-electron chi connectivity index (χ1n) is 4.70. The lowest BCUT2D eigenvalue weighted by molar-refractivity contribution is -0.0759. The molecule has 0 radical (unpaired) electrons. The molecule has 0 aliphatic carbocycles. The number of hydroxylamine groups is 2. The van der Waals surface area contributed by atoms with Gasteiger partial charge in [0.05, 0.1) is 12.7 Å². The van der Waals surface area contributed by atoms with Gasteiger partial charge in [0.15, 0.2) is 0 Å². The Morgan fingerprint density at radius 2 is 2.20 bits per heavy atom. The highest BCUT2D eigenvalue weighted by Gasteiger charge is 2.15. The summed E-state index contributed by atoms with van der Waals surface area (Å²) in [7, 11) is 2.80. The van der Waals surface area contributed by atoms with Crippen molar-refractivity contribution in [3.05, 3.63) is 35.1 Å². The third kappa shape index (κ3) is 2.53. The van der Waals surface area contributed by atoms with E-state index in [-0.39, 0.29) is 5.56 Å². The van der Waals surface area contributed by atoms with Gasteiger partial charge in [0.25, 0.3) is 5.91 Å². The molecule has 0 aliphatic heterocycles. The van der Waals surface area contributed by atoms with Crippen LogP contribution in [0, 0.1) is 5.82 Å². The Kier molecular flexibility index (Phi) is 3.80. The fourth-order valence-electron chi connectivity index (χ4n) is 1.20. The molecule has 0 aromatic heterocycles. The minimum Gasteiger partial charge on any atom is -0.274 e. The molecule has 0 unspecified atom stereocenters. The van der Waals surface area contributed by atoms with Gasteiger partial charge in [0, 0.05) is 7.05 Å². The zero-order chi connectivity index (χ0) is 11.4. The number of amides is 1. The van der Waals surface area contributed by atoms with Gasteiger partial charge < -0.3 is 0 Å². The Bertz CT molecular complexity index is 366. The van der Waals surface area contributed by atoms with Crippen LogP contribution in [0.25, 0.3) is 0 Å². The molecule has 0 fully saturated rings. The van der Waals surface area contributed by atoms with E-state index < -0.39 is 11.7 Å². The summed E-state index contributed by atoms with van der Waals surface area (Å²) < 4.78 is 13.5. The van der Waals surface area contributed by atoms with Crippen molar-refractivity contribution in [1.29, 1.82) is 0 Å². The van der Waals surface area contributed by atoms with Crippen LogP contribution in [-0.2, 0) is 11.3 Å². The van der Waals surface area contributed by atoms with Crippen molar-refractivity contribution < 1.29 is 14.0 Å². The predicted octanol–water partition coefficient (Wildman–Crippen LogP) is 2.02. The van der Waals surface area contributed by atoms with Crippen molar-refractivity contribution in [1.82, 2.24) is 5.06 Å². The number of hydrogen-bond donors (Lipinski definition) is 0. The van der Waals surface area contributed by atoms with Crippen LogP contribution in [0.3, 0.4) is 0 Å². The van der Waals surface area contributed by atoms with E-state index in [1.165, 1.54) is 26.3 Å². The lowest BCUT2D eigenvalue weighted by Crippen LogP contribution is -2.26. The molecule has 82 valence electrons. The summed E-state index contributed by atoms with van der Waals surface area (Å²) in [5, 5.41) is 0.990. The fraction of sp³-hybridized carbons (Fsp3) is 0.364. The highest BCUT2D eigenvalue weighted by atomic mass is 19.1. The van der Waals surface area contributed by atoms with Gasteiger partial charge in [-0.15, -0.1) is 0 Å². The molecule has 1 rings (SSSR count). The van der Waals surface area contributed by atoms with Crippen LogP contribution in [0.5, 0.6) is 0 Å². The Labute approximate surface area is 88.4 Å². The topological polar surface area (TPSA) is 29.5 Å². The van der Waals surface area contributed by atoms with E-state index in [9.17, 15) is 9.18 Å². The lowest BCUT2D eigenvalue weighted by atomic mass is 10.1. The average molecular weight is 211 g/mol. The van der Waals surface area contributed by atoms with Crippen LogP contribution < -0.4 is 0 Å². The van der Waals surface area contributed by atoms with E-state index in [2.05, 4.69) is 0 Å². The molecule has 0 saturated heterocycles. The van der Waals surface area contributed by atoms with Gasteiger partial charge in [-0.25, -0.2) is 9.45 Å². The summed E-state index contributed by atoms with van der Waals surface area (Å²) in [5.41, 5.74) is 0.890. The third-order valence-corrected chi connectivity index (χ3v) is 2.23. The first-order chi connectivity index (χ1) is 7.10. The molecule has 0 aliphatic rings. The van der Waals surface area contributed by atoms with Crippen LogP contribution in [-0.4, -0.2) is 25.1 Å². The zero-order valence-electron chi connectivity index (χ0n) is 9.08. The lowest BCUT2D eigenvalue weighted by Gasteiger charge is -2.14. The van der Waals surface area contributed by atoms with Crippen molar-refractivity contribution >= 4 is 5.91 Å². The minimum atomic E-state index is -0.511. The van der Waals surface area contributed by atoms with Crippen molar-refractivity contribution in [2.45, 2.75) is 13.3 Å². The quantitative estimate of drug-likeness (QED) is 0.716. The van der Waals surface area contributed by atoms with Gasteiger partial charge in [-0.3, -0.25) is 9.63 Å². The van der Waals surface area contributed by atoms with E-state index in [4.69, 9.17) is 4.84 Å². The fourth-order valence-corrected chi connectivity index (χ4v) is 1.20. The van der Waals surface area contributed by atoms with Gasteiger partial charge >= 0.3 is 0 Å². The van der Waals surface area contributed by atoms with E-state index in [0.29, 0.717) is 0 Å². The molecular weight excluding hydrogens is 197 g/mol. The number of rotatable bonds is 3. The van der Waals surface area contributed by atoms with Crippen molar-refractivity contribution in [2.24, 2.45) is 0 Å². The molecule has 0 saturated carbocycles. The van der Waals surface area contributed by atoms with Gasteiger partial charge in [-0.1, -0.05) is 13.0 Å². The summed E-state index contributed by atoms with van der Waals surface area (Å²) in [5.74, 6) is -0.999. The summed E-state index contributed by atoms with van der Waals surface area (Å²) in [6, 6.07) is 4.59. The number of carbonyl (C=O) groups is 1. The Hall–Kier alpha value is -1.42. The summed E-state index contributed by atoms with van der Waals surface area (Å²) in [4.78, 5) is 16.3. The molecule has 3 nitrogen and oxygen atoms in total. The number of nitrogens with zero attached hydrogens (tertiary/aromatic N) is 1. The van der Waals surface area contributed by atoms with Gasteiger partial charge in [-0.05, 0) is 24.1 Å². The SMILES string of the molecule is CCc1ccc(C(=O)N(C)OC)c(F)c1. The van der Waals surface area contributed by atoms with E-state index in [1.54, 1.807) is 6.07 Å². The maximum atomic E-state index is 13.5. The van der Waals surface area contributed by atoms with Gasteiger partial charge in [0.1, 0.15) is 5.82 Å². The second-order valence-electron chi connectivity index (χ2n) is 3.15. The zero-order valence-corrected chi connectivity index (χ0v) is 9.08. The maximum Gasteiger partial charge on any atom is 0.280 e. The molecule has 0 atom stereocenters. The summed E-state index contributed by atoms with van der Waals surface area (Å²) >= 11 is 0. The third-order valence-electron chi connectivity index (χ3n) is 2.23. The number of aryl methyl sites for hydroxylation is 1. The Morgan fingerprint density at radius 3 is 2.67 bits per heavy atom. The second kappa shape index (κ2) is 4.89. The van der Waals surface area contributed by atoms with Gasteiger partial charge in [0.2, 0.25) is 0 Å². The molecule has 1 aromatic rings. The summed E-state index contributed by atoms with van der Waals surface area (Å²) in [6.07, 6.45) is 0.742. The number of carbonyl (C=O) groups excluding carboxylic acids is 1. The van der Waals surface area contributed by atoms with Crippen molar-refractivity contribution in [3.8, 4) is 0 Å². The van der Waals surface area contributed by atoms with Crippen LogP contribution in [0.1, 0.15) is 22.8 Å². The average Bonchev–Trinajstić information content (AvgIpc) is 2.26. The molecule has 15 heavy (non-hydrogen) atoms. The molecule has 0 spiro atoms. The first kappa shape index (κ1) is 11.7. The smallest absolute Gasteiger partial charge is 0.274 e. The number of halogens is 1. The molecular formula is C11H14FNO2. The second-order valence-corrected chi connectivity index (χ2v) is 3.15. The number of benzene rings is 1. The van der Waals surface area contributed by atoms with Crippen LogP contribution in [0.2, 0.25) is 0 Å². The van der Waals surface area contributed by atoms with Crippen LogP contribution in [0.15, 0.2) is 18.2 Å². The molecule has 4 heteroatoms. The largest absolute Gasteiger partial charge is 0.280 e. The molecule has 0 bridgehead atoms. The first-order valence-corrected chi connectivity index (χ1v) is 4.70. The van der Waals surface area contributed by atoms with E-state index >= 15 is 0 Å². The molecule has 1 amide bonds. The van der Waals surface area contributed by atoms with Crippen LogP contribution >= 0.6 is 0 Å². The van der Waals surface area contributed by atoms with Crippen LogP contribution in [0.4, 0.5) is 4.39 Å². The predicted molar refractivity (Wildman–Crippen MR) is 54.9 cm³/mol. The Morgan fingerprint density at radius 1 is 1.53 bits per heavy atom. The van der Waals surface area contributed by atoms with Gasteiger partial charge in [-0.2, -0.15) is 0 Å². The summed E-state index contributed by atoms with van der Waals surface area (Å²) in [6.45, 7) is 1.93. The minimum absolute atomic E-state index is 0.0246. The molecule has 0 heterocycles. The highest BCUT2D eigenvalue weighted by molar-refractivity contribution is 5.93. The molecule has 0 N–H and O–H groups in total. The van der Waals surface area contributed by atoms with Crippen molar-refractivity contribution in [2.75, 3.05) is 14.2 Å². The maximum absolute atomic E-state index is 13.5. The monoisotopic (exact) mass is 211 g/mol. The highest BCUT2D eigenvalue weighted by Crippen LogP contribution is 2.12. The van der Waals surface area contributed by atoms with E-state index in [0.717, 1.165) is 17.0 Å². The Balaban J connectivity index is 3.00. The van der Waals surface area contributed by atoms with Crippen molar-refractivity contribution in [3.63, 3.8) is 0 Å². The standard InChI is InChI=1S/C11H14FNO2/c1-4-8-5-6-9(10(12)7-8)11(14)13(2)15-3/h5-7H,4H2,1-3H3. The normalized spacial score (nSPS) is 10.1.